The molecule has 5 nitrogen and oxygen atoms in total. The number of esters is 1. The molecule has 1 rings (SSSR count). The number of hydrogen-bond acceptors (Lipinski definition) is 4. The van der Waals surface area contributed by atoms with Crippen molar-refractivity contribution >= 4 is 12.1 Å². The molecule has 1 saturated heterocycles. The summed E-state index contributed by atoms with van der Waals surface area (Å²) in [5.74, 6) is -0.402. The number of likely N-dealkylation sites (tertiary alicyclic amines) is 1. The SMILES string of the molecule is C=C1CCC(C(=O)OC)N(C(=O)OC(C)(C)C)CC1. The quantitative estimate of drug-likeness (QED) is 0.542. The number of nitrogens with zero attached hydrogens (tertiary/aromatic N) is 1. The van der Waals surface area contributed by atoms with Gasteiger partial charge >= 0.3 is 12.1 Å². The highest BCUT2D eigenvalue weighted by Crippen LogP contribution is 2.23. The van der Waals surface area contributed by atoms with E-state index in [9.17, 15) is 9.59 Å². The summed E-state index contributed by atoms with van der Waals surface area (Å²) in [4.78, 5) is 25.4. The Balaban J connectivity index is 2.87. The molecule has 0 aromatic carbocycles. The molecule has 1 atom stereocenters. The first-order valence-corrected chi connectivity index (χ1v) is 6.48. The van der Waals surface area contributed by atoms with Crippen LogP contribution in [-0.4, -0.2) is 42.3 Å². The van der Waals surface area contributed by atoms with Gasteiger partial charge in [-0.15, -0.1) is 0 Å². The average molecular weight is 269 g/mol. The molecule has 0 aliphatic carbocycles. The molecule has 1 aliphatic heterocycles. The van der Waals surface area contributed by atoms with Crippen molar-refractivity contribution in [3.63, 3.8) is 0 Å². The van der Waals surface area contributed by atoms with Crippen molar-refractivity contribution in [2.75, 3.05) is 13.7 Å². The summed E-state index contributed by atoms with van der Waals surface area (Å²) >= 11 is 0. The highest BCUT2D eigenvalue weighted by atomic mass is 16.6. The maximum absolute atomic E-state index is 12.2. The molecule has 1 heterocycles. The Hall–Kier alpha value is -1.52. The summed E-state index contributed by atoms with van der Waals surface area (Å²) in [5, 5.41) is 0. The van der Waals surface area contributed by atoms with E-state index >= 15 is 0 Å². The first-order valence-electron chi connectivity index (χ1n) is 6.48. The van der Waals surface area contributed by atoms with Crippen molar-refractivity contribution in [3.05, 3.63) is 12.2 Å². The van der Waals surface area contributed by atoms with E-state index in [4.69, 9.17) is 9.47 Å². The smallest absolute Gasteiger partial charge is 0.411 e. The molecule has 0 radical (unpaired) electrons. The van der Waals surface area contributed by atoms with Gasteiger partial charge in [0.05, 0.1) is 7.11 Å². The second kappa shape index (κ2) is 6.08. The number of carbonyl (C=O) groups is 2. The average Bonchev–Trinajstić information content (AvgIpc) is 2.48. The van der Waals surface area contributed by atoms with Crippen LogP contribution in [0.3, 0.4) is 0 Å². The number of amides is 1. The third-order valence-corrected chi connectivity index (χ3v) is 2.96. The van der Waals surface area contributed by atoms with Crippen LogP contribution in [0.1, 0.15) is 40.0 Å². The van der Waals surface area contributed by atoms with Crippen molar-refractivity contribution in [1.29, 1.82) is 0 Å². The van der Waals surface area contributed by atoms with Crippen LogP contribution in [0.4, 0.5) is 4.79 Å². The standard InChI is InChI=1S/C14H23NO4/c1-10-6-7-11(12(16)18-5)15(9-8-10)13(17)19-14(2,3)4/h11H,1,6-9H2,2-5H3. The molecule has 0 N–H and O–H groups in total. The molecule has 0 spiro atoms. The van der Waals surface area contributed by atoms with Crippen molar-refractivity contribution in [2.45, 2.75) is 51.7 Å². The minimum absolute atomic E-state index is 0.402. The first-order chi connectivity index (χ1) is 8.74. The minimum Gasteiger partial charge on any atom is -0.467 e. The maximum Gasteiger partial charge on any atom is 0.411 e. The van der Waals surface area contributed by atoms with Crippen LogP contribution in [0.2, 0.25) is 0 Å². The van der Waals surface area contributed by atoms with Gasteiger partial charge < -0.3 is 9.47 Å². The molecule has 108 valence electrons. The molecule has 0 aromatic heterocycles. The van der Waals surface area contributed by atoms with E-state index in [1.54, 1.807) is 20.8 Å². The third-order valence-electron chi connectivity index (χ3n) is 2.96. The number of rotatable bonds is 1. The second-order valence-corrected chi connectivity index (χ2v) is 5.75. The van der Waals surface area contributed by atoms with Crippen LogP contribution in [-0.2, 0) is 14.3 Å². The Morgan fingerprint density at radius 1 is 1.32 bits per heavy atom. The van der Waals surface area contributed by atoms with Gasteiger partial charge in [-0.3, -0.25) is 4.90 Å². The largest absolute Gasteiger partial charge is 0.467 e. The van der Waals surface area contributed by atoms with Crippen LogP contribution in [0.5, 0.6) is 0 Å². The first kappa shape index (κ1) is 15.5. The van der Waals surface area contributed by atoms with Gasteiger partial charge in [-0.05, 0) is 40.0 Å². The van der Waals surface area contributed by atoms with E-state index in [0.29, 0.717) is 19.4 Å². The van der Waals surface area contributed by atoms with Crippen molar-refractivity contribution in [2.24, 2.45) is 0 Å². The van der Waals surface area contributed by atoms with Gasteiger partial charge in [0.25, 0.3) is 0 Å². The fourth-order valence-corrected chi connectivity index (χ4v) is 1.98. The van der Waals surface area contributed by atoms with E-state index in [-0.39, 0.29) is 0 Å². The van der Waals surface area contributed by atoms with E-state index in [1.807, 2.05) is 0 Å². The topological polar surface area (TPSA) is 55.8 Å². The summed E-state index contributed by atoms with van der Waals surface area (Å²) in [6.45, 7) is 9.77. The van der Waals surface area contributed by atoms with Gasteiger partial charge in [0.2, 0.25) is 0 Å². The van der Waals surface area contributed by atoms with Crippen molar-refractivity contribution < 1.29 is 19.1 Å². The minimum atomic E-state index is -0.584. The second-order valence-electron chi connectivity index (χ2n) is 5.75. The predicted octanol–water partition coefficient (Wildman–Crippen LogP) is 2.51. The summed E-state index contributed by atoms with van der Waals surface area (Å²) < 4.78 is 10.1. The Morgan fingerprint density at radius 3 is 2.47 bits per heavy atom. The van der Waals surface area contributed by atoms with Crippen LogP contribution in [0.25, 0.3) is 0 Å². The van der Waals surface area contributed by atoms with Gasteiger partial charge in [-0.25, -0.2) is 9.59 Å². The number of carbonyl (C=O) groups excluding carboxylic acids is 2. The van der Waals surface area contributed by atoms with Gasteiger partial charge in [-0.1, -0.05) is 12.2 Å². The van der Waals surface area contributed by atoms with E-state index in [1.165, 1.54) is 12.0 Å². The molecule has 0 saturated carbocycles. The molecule has 19 heavy (non-hydrogen) atoms. The zero-order valence-electron chi connectivity index (χ0n) is 12.2. The maximum atomic E-state index is 12.2. The van der Waals surface area contributed by atoms with Crippen LogP contribution < -0.4 is 0 Å². The summed E-state index contributed by atoms with van der Waals surface area (Å²) in [6.07, 6.45) is 1.47. The third kappa shape index (κ3) is 4.58. The van der Waals surface area contributed by atoms with Gasteiger partial charge in [-0.2, -0.15) is 0 Å². The molecule has 0 aromatic rings. The lowest BCUT2D eigenvalue weighted by molar-refractivity contribution is -0.146. The number of methoxy groups -OCH3 is 1. The number of ether oxygens (including phenoxy) is 2. The Labute approximate surface area is 114 Å². The van der Waals surface area contributed by atoms with Crippen LogP contribution in [0.15, 0.2) is 12.2 Å². The zero-order valence-corrected chi connectivity index (χ0v) is 12.2. The monoisotopic (exact) mass is 269 g/mol. The lowest BCUT2D eigenvalue weighted by Gasteiger charge is -2.30. The normalized spacial score (nSPS) is 20.7. The summed E-state index contributed by atoms with van der Waals surface area (Å²) in [7, 11) is 1.33. The Morgan fingerprint density at radius 2 is 1.95 bits per heavy atom. The van der Waals surface area contributed by atoms with E-state index in [2.05, 4.69) is 6.58 Å². The molecule has 1 amide bonds. The molecule has 1 unspecified atom stereocenters. The number of hydrogen-bond donors (Lipinski definition) is 0. The molecule has 0 bridgehead atoms. The van der Waals surface area contributed by atoms with E-state index < -0.39 is 23.7 Å². The van der Waals surface area contributed by atoms with Gasteiger partial charge in [0, 0.05) is 6.54 Å². The Kier molecular flexibility index (Phi) is 4.97. The van der Waals surface area contributed by atoms with Gasteiger partial charge in [0.1, 0.15) is 11.6 Å². The van der Waals surface area contributed by atoms with E-state index in [0.717, 1.165) is 12.0 Å². The summed E-state index contributed by atoms with van der Waals surface area (Å²) in [6, 6.07) is -0.584. The molecular weight excluding hydrogens is 246 g/mol. The van der Waals surface area contributed by atoms with Crippen LogP contribution in [0, 0.1) is 0 Å². The molecule has 5 heteroatoms. The highest BCUT2D eigenvalue weighted by Gasteiger charge is 2.34. The lowest BCUT2D eigenvalue weighted by atomic mass is 10.1. The zero-order chi connectivity index (χ0) is 14.6. The fourth-order valence-electron chi connectivity index (χ4n) is 1.98. The van der Waals surface area contributed by atoms with Crippen LogP contribution >= 0.6 is 0 Å². The Bertz CT molecular complexity index is 370. The summed E-state index contributed by atoms with van der Waals surface area (Å²) in [5.41, 5.74) is 0.459. The molecule has 1 fully saturated rings. The molecular formula is C14H23NO4. The van der Waals surface area contributed by atoms with Crippen molar-refractivity contribution in [1.82, 2.24) is 4.90 Å². The highest BCUT2D eigenvalue weighted by molar-refractivity contribution is 5.81. The van der Waals surface area contributed by atoms with Gasteiger partial charge in [0.15, 0.2) is 0 Å². The lowest BCUT2D eigenvalue weighted by Crippen LogP contribution is -2.47. The molecule has 1 aliphatic rings. The fraction of sp³-hybridized carbons (Fsp3) is 0.714. The predicted molar refractivity (Wildman–Crippen MR) is 71.7 cm³/mol. The van der Waals surface area contributed by atoms with Crippen molar-refractivity contribution in [3.8, 4) is 0 Å².